The van der Waals surface area contributed by atoms with Crippen LogP contribution in [0.3, 0.4) is 0 Å². The molecular weight excluding hydrogens is 494 g/mol. The zero-order chi connectivity index (χ0) is 27.5. The van der Waals surface area contributed by atoms with Gasteiger partial charge in [0.2, 0.25) is 11.8 Å². The van der Waals surface area contributed by atoms with Crippen molar-refractivity contribution in [1.82, 2.24) is 10.6 Å². The Morgan fingerprint density at radius 2 is 1.70 bits per heavy atom. The number of amides is 3. The molecule has 1 unspecified atom stereocenters. The smallest absolute Gasteiger partial charge is 0.408 e. The first-order valence-corrected chi connectivity index (χ1v) is 12.3. The molecule has 204 valence electrons. The molecule has 2 saturated carbocycles. The fourth-order valence-electron chi connectivity index (χ4n) is 4.38. The van der Waals surface area contributed by atoms with E-state index >= 15 is 0 Å². The lowest BCUT2D eigenvalue weighted by atomic mass is 9.88. The maximum Gasteiger partial charge on any atom is 0.408 e. The number of alkyl carbamates (subject to hydrolysis) is 1. The minimum absolute atomic E-state index is 0.106. The van der Waals surface area contributed by atoms with Gasteiger partial charge < -0.3 is 20.7 Å². The van der Waals surface area contributed by atoms with Gasteiger partial charge in [0.1, 0.15) is 24.0 Å². The number of alkyl halides is 3. The van der Waals surface area contributed by atoms with Crippen LogP contribution in [-0.2, 0) is 20.7 Å². The van der Waals surface area contributed by atoms with Crippen molar-refractivity contribution in [2.75, 3.05) is 11.9 Å². The zero-order valence-electron chi connectivity index (χ0n) is 21.1. The summed E-state index contributed by atoms with van der Waals surface area (Å²) in [5.74, 6) is -1.95. The molecule has 0 heterocycles. The highest BCUT2D eigenvalue weighted by Gasteiger charge is 2.48. The highest BCUT2D eigenvalue weighted by atomic mass is 19.4. The van der Waals surface area contributed by atoms with E-state index in [2.05, 4.69) is 17.2 Å². The quantitative estimate of drug-likeness (QED) is 0.375. The van der Waals surface area contributed by atoms with Gasteiger partial charge in [-0.1, -0.05) is 12.7 Å². The van der Waals surface area contributed by atoms with Crippen molar-refractivity contribution in [3.63, 3.8) is 0 Å². The van der Waals surface area contributed by atoms with Crippen molar-refractivity contribution in [2.24, 2.45) is 17.8 Å². The van der Waals surface area contributed by atoms with Gasteiger partial charge in [0.05, 0.1) is 12.1 Å². The van der Waals surface area contributed by atoms with Crippen LogP contribution in [0.5, 0.6) is 0 Å². The second kappa shape index (κ2) is 11.1. The Bertz CT molecular complexity index is 1030. The third kappa shape index (κ3) is 8.75. The van der Waals surface area contributed by atoms with Gasteiger partial charge in [-0.3, -0.25) is 9.59 Å². The lowest BCUT2D eigenvalue weighted by molar-refractivity contribution is -0.138. The molecule has 0 spiro atoms. The summed E-state index contributed by atoms with van der Waals surface area (Å²) in [6.45, 7) is 7.23. The maximum absolute atomic E-state index is 15.0. The second-order valence-electron chi connectivity index (χ2n) is 10.7. The second-order valence-corrected chi connectivity index (χ2v) is 10.7. The minimum Gasteiger partial charge on any atom is -0.444 e. The Morgan fingerprint density at radius 3 is 2.19 bits per heavy atom. The Balaban J connectivity index is 1.78. The number of rotatable bonds is 10. The third-order valence-electron chi connectivity index (χ3n) is 6.22. The summed E-state index contributed by atoms with van der Waals surface area (Å²) >= 11 is 0. The number of carbonyl (C=O) groups excluding carboxylic acids is 3. The Kier molecular flexibility index (Phi) is 8.54. The highest BCUT2D eigenvalue weighted by Crippen LogP contribution is 2.51. The third-order valence-corrected chi connectivity index (χ3v) is 6.22. The predicted molar refractivity (Wildman–Crippen MR) is 130 cm³/mol. The number of anilines is 1. The largest absolute Gasteiger partial charge is 0.444 e. The first kappa shape index (κ1) is 28.5. The van der Waals surface area contributed by atoms with Gasteiger partial charge in [0.15, 0.2) is 0 Å². The molecule has 1 atom stereocenters. The Hall–Kier alpha value is -3.11. The predicted octanol–water partition coefficient (Wildman–Crippen LogP) is 4.96. The molecule has 0 aliphatic heterocycles. The van der Waals surface area contributed by atoms with E-state index in [0.717, 1.165) is 31.7 Å². The summed E-state index contributed by atoms with van der Waals surface area (Å²) < 4.78 is 57.4. The molecule has 2 aliphatic rings. The average molecular weight is 528 g/mol. The molecular formula is C26H33F4N3O4. The summed E-state index contributed by atoms with van der Waals surface area (Å²) in [5, 5.41) is 6.97. The van der Waals surface area contributed by atoms with Gasteiger partial charge >= 0.3 is 12.3 Å². The molecule has 3 amide bonds. The Morgan fingerprint density at radius 1 is 1.11 bits per heavy atom. The van der Waals surface area contributed by atoms with E-state index in [0.29, 0.717) is 0 Å². The van der Waals surface area contributed by atoms with Crippen molar-refractivity contribution in [3.8, 4) is 0 Å². The van der Waals surface area contributed by atoms with Crippen LogP contribution in [0.25, 0.3) is 6.08 Å². The number of ether oxygens (including phenoxy) is 1. The summed E-state index contributed by atoms with van der Waals surface area (Å²) in [6, 6.07) is 1.31. The lowest BCUT2D eigenvalue weighted by Crippen LogP contribution is -2.51. The normalized spacial score (nSPS) is 16.6. The van der Waals surface area contributed by atoms with E-state index in [1.54, 1.807) is 26.1 Å². The summed E-state index contributed by atoms with van der Waals surface area (Å²) in [7, 11) is 0. The van der Waals surface area contributed by atoms with E-state index in [9.17, 15) is 31.9 Å². The van der Waals surface area contributed by atoms with Gasteiger partial charge in [-0.2, -0.15) is 13.2 Å². The van der Waals surface area contributed by atoms with Crippen LogP contribution >= 0.6 is 0 Å². The topological polar surface area (TPSA) is 96.5 Å². The van der Waals surface area contributed by atoms with Gasteiger partial charge in [0.25, 0.3) is 0 Å². The van der Waals surface area contributed by atoms with E-state index in [-0.39, 0.29) is 34.6 Å². The molecule has 3 N–H and O–H groups in total. The van der Waals surface area contributed by atoms with Crippen LogP contribution in [-0.4, -0.2) is 42.3 Å². The van der Waals surface area contributed by atoms with Crippen molar-refractivity contribution in [3.05, 3.63) is 35.7 Å². The van der Waals surface area contributed by atoms with Crippen LogP contribution in [0.2, 0.25) is 0 Å². The van der Waals surface area contributed by atoms with E-state index in [1.165, 1.54) is 12.1 Å². The van der Waals surface area contributed by atoms with Crippen molar-refractivity contribution in [2.45, 2.75) is 70.7 Å². The van der Waals surface area contributed by atoms with E-state index in [4.69, 9.17) is 4.74 Å². The zero-order valence-corrected chi connectivity index (χ0v) is 21.1. The summed E-state index contributed by atoms with van der Waals surface area (Å²) in [4.78, 5) is 37.8. The molecule has 37 heavy (non-hydrogen) atoms. The Labute approximate surface area is 213 Å². The van der Waals surface area contributed by atoms with Crippen LogP contribution < -0.4 is 16.0 Å². The minimum atomic E-state index is -4.57. The first-order chi connectivity index (χ1) is 17.2. The molecule has 1 aromatic rings. The molecule has 0 saturated heterocycles. The van der Waals surface area contributed by atoms with E-state index in [1.807, 2.05) is 0 Å². The molecule has 1 aromatic carbocycles. The standard InChI is InChI=1S/C26H33F4N3O4/c1-5-14-11-19(18(27)10-17(14)12-20(34)31-13-26(28,29)30)32-23(35)22(33-24(36)37-25(2,3)4)21(15-6-7-15)16-8-9-16/h5,10-11,15-16,21-22H,1,6-9,12-13H2,2-4H3,(H,31,34)(H,32,35)(H,33,36). The molecule has 11 heteroatoms. The van der Waals surface area contributed by atoms with Crippen LogP contribution in [0.4, 0.5) is 28.0 Å². The van der Waals surface area contributed by atoms with Gasteiger partial charge in [0, 0.05) is 0 Å². The van der Waals surface area contributed by atoms with Gasteiger partial charge in [-0.05, 0) is 87.5 Å². The van der Waals surface area contributed by atoms with Gasteiger partial charge in [-0.15, -0.1) is 0 Å². The molecule has 2 aliphatic carbocycles. The number of hydrogen-bond donors (Lipinski definition) is 3. The van der Waals surface area contributed by atoms with Gasteiger partial charge in [-0.25, -0.2) is 9.18 Å². The van der Waals surface area contributed by atoms with Crippen molar-refractivity contribution in [1.29, 1.82) is 0 Å². The van der Waals surface area contributed by atoms with E-state index < -0.39 is 54.5 Å². The fourth-order valence-corrected chi connectivity index (χ4v) is 4.38. The number of halogens is 4. The van der Waals surface area contributed by atoms with Crippen LogP contribution in [0.15, 0.2) is 18.7 Å². The number of benzene rings is 1. The monoisotopic (exact) mass is 527 g/mol. The summed E-state index contributed by atoms with van der Waals surface area (Å²) in [5.41, 5.74) is -0.577. The molecule has 7 nitrogen and oxygen atoms in total. The molecule has 0 aromatic heterocycles. The molecule has 3 rings (SSSR count). The van der Waals surface area contributed by atoms with Crippen LogP contribution in [0, 0.1) is 23.6 Å². The van der Waals surface area contributed by atoms with Crippen LogP contribution in [0.1, 0.15) is 57.6 Å². The first-order valence-electron chi connectivity index (χ1n) is 12.3. The average Bonchev–Trinajstić information content (AvgIpc) is 3.67. The van der Waals surface area contributed by atoms with Crippen molar-refractivity contribution >= 4 is 29.7 Å². The summed E-state index contributed by atoms with van der Waals surface area (Å²) in [6.07, 6.45) is -0.721. The number of nitrogens with one attached hydrogen (secondary N) is 3. The maximum atomic E-state index is 15.0. The highest BCUT2D eigenvalue weighted by molar-refractivity contribution is 5.97. The number of hydrogen-bond acceptors (Lipinski definition) is 4. The molecule has 0 bridgehead atoms. The fraction of sp³-hybridized carbons (Fsp3) is 0.577. The number of carbonyl (C=O) groups is 3. The van der Waals surface area contributed by atoms with Crippen molar-refractivity contribution < 1.29 is 36.7 Å². The lowest BCUT2D eigenvalue weighted by Gasteiger charge is -2.29. The molecule has 2 fully saturated rings. The molecule has 0 radical (unpaired) electrons. The SMILES string of the molecule is C=Cc1cc(NC(=O)C(NC(=O)OC(C)(C)C)C(C2CC2)C2CC2)c(F)cc1CC(=O)NCC(F)(F)F.